The molecular formula is C24H23N5O7S2. The van der Waals surface area contributed by atoms with E-state index in [4.69, 9.17) is 0 Å². The summed E-state index contributed by atoms with van der Waals surface area (Å²) in [6.45, 7) is -0.919. The number of nitrogens with one attached hydrogen (secondary N) is 1. The number of nitro groups is 1. The molecule has 0 aromatic heterocycles. The molecule has 1 fully saturated rings. The number of para-hydroxylation sites is 1. The van der Waals surface area contributed by atoms with Crippen LogP contribution in [0, 0.1) is 10.1 Å². The number of hydrazone groups is 1. The monoisotopic (exact) mass is 557 g/mol. The molecule has 1 amide bonds. The molecule has 1 aliphatic rings. The quantitative estimate of drug-likeness (QED) is 0.251. The lowest BCUT2D eigenvalue weighted by Crippen LogP contribution is -2.60. The minimum absolute atomic E-state index is 0.00735. The van der Waals surface area contributed by atoms with E-state index in [9.17, 15) is 31.7 Å². The van der Waals surface area contributed by atoms with Gasteiger partial charge in [0.15, 0.2) is 0 Å². The van der Waals surface area contributed by atoms with Crippen LogP contribution >= 0.6 is 0 Å². The molecule has 1 aliphatic heterocycles. The molecule has 198 valence electrons. The highest BCUT2D eigenvalue weighted by Gasteiger charge is 2.43. The molecule has 0 spiro atoms. The predicted octanol–water partition coefficient (Wildman–Crippen LogP) is 1.81. The molecule has 1 saturated heterocycles. The molecule has 0 bridgehead atoms. The first-order valence-electron chi connectivity index (χ1n) is 11.3. The molecule has 14 heteroatoms. The summed E-state index contributed by atoms with van der Waals surface area (Å²) in [6.07, 6.45) is 1.06. The first-order valence-corrected chi connectivity index (χ1v) is 14.2. The average molecular weight is 558 g/mol. The Morgan fingerprint density at radius 3 is 2.03 bits per heavy atom. The highest BCUT2D eigenvalue weighted by Crippen LogP contribution is 2.25. The van der Waals surface area contributed by atoms with Gasteiger partial charge in [-0.1, -0.05) is 48.5 Å². The van der Waals surface area contributed by atoms with Gasteiger partial charge in [-0.3, -0.25) is 14.9 Å². The second-order valence-electron chi connectivity index (χ2n) is 8.17. The zero-order chi connectivity index (χ0) is 27.3. The van der Waals surface area contributed by atoms with Crippen molar-refractivity contribution in [2.75, 3.05) is 19.6 Å². The Labute approximate surface area is 219 Å². The molecule has 3 aromatic carbocycles. The van der Waals surface area contributed by atoms with Crippen molar-refractivity contribution >= 4 is 37.9 Å². The van der Waals surface area contributed by atoms with Gasteiger partial charge in [-0.05, 0) is 30.3 Å². The third kappa shape index (κ3) is 5.62. The molecular weight excluding hydrogens is 534 g/mol. The van der Waals surface area contributed by atoms with Crippen LogP contribution in [0.15, 0.2) is 99.8 Å². The third-order valence-corrected chi connectivity index (χ3v) is 9.64. The number of sulfonamides is 2. The van der Waals surface area contributed by atoms with Gasteiger partial charge in [0.05, 0.1) is 26.5 Å². The molecule has 1 heterocycles. The van der Waals surface area contributed by atoms with E-state index < -0.39 is 43.5 Å². The Morgan fingerprint density at radius 2 is 1.42 bits per heavy atom. The number of hydrogen-bond donors (Lipinski definition) is 1. The molecule has 3 aromatic rings. The van der Waals surface area contributed by atoms with E-state index in [1.54, 1.807) is 30.3 Å². The van der Waals surface area contributed by atoms with Gasteiger partial charge >= 0.3 is 0 Å². The molecule has 0 radical (unpaired) electrons. The zero-order valence-corrected chi connectivity index (χ0v) is 21.5. The highest BCUT2D eigenvalue weighted by atomic mass is 32.2. The van der Waals surface area contributed by atoms with Gasteiger partial charge in [0.1, 0.15) is 6.04 Å². The van der Waals surface area contributed by atoms with E-state index in [0.29, 0.717) is 0 Å². The van der Waals surface area contributed by atoms with Gasteiger partial charge in [0.25, 0.3) is 11.6 Å². The van der Waals surface area contributed by atoms with Crippen molar-refractivity contribution in [2.45, 2.75) is 15.8 Å². The maximum absolute atomic E-state index is 13.4. The maximum Gasteiger partial charge on any atom is 0.278 e. The highest BCUT2D eigenvalue weighted by molar-refractivity contribution is 7.89. The molecule has 38 heavy (non-hydrogen) atoms. The van der Waals surface area contributed by atoms with Crippen molar-refractivity contribution in [1.29, 1.82) is 0 Å². The largest absolute Gasteiger partial charge is 0.278 e. The Bertz CT molecular complexity index is 1560. The van der Waals surface area contributed by atoms with Crippen molar-refractivity contribution < 1.29 is 26.6 Å². The Balaban J connectivity index is 1.64. The lowest BCUT2D eigenvalue weighted by Gasteiger charge is -2.38. The molecule has 0 aliphatic carbocycles. The summed E-state index contributed by atoms with van der Waals surface area (Å²) in [6, 6.07) is 19.3. The standard InChI is InChI=1S/C24H23N5O7S2/c30-24(26-25-17-19-9-7-8-14-22(19)29(31)32)23-18-27(37(33,34)20-10-3-1-4-11-20)15-16-28(23)38(35,36)21-12-5-2-6-13-21/h1-14,17,23H,15-16,18H2,(H,26,30)/b25-17-/t23-/m0/s1. The van der Waals surface area contributed by atoms with Gasteiger partial charge in [-0.15, -0.1) is 0 Å². The average Bonchev–Trinajstić information content (AvgIpc) is 2.93. The van der Waals surface area contributed by atoms with Crippen LogP contribution < -0.4 is 5.43 Å². The fourth-order valence-corrected chi connectivity index (χ4v) is 6.98. The van der Waals surface area contributed by atoms with Crippen LogP contribution in [0.1, 0.15) is 5.56 Å². The van der Waals surface area contributed by atoms with Crippen LogP contribution in [-0.4, -0.2) is 68.2 Å². The second-order valence-corrected chi connectivity index (χ2v) is 12.0. The second kappa shape index (κ2) is 11.2. The number of benzene rings is 3. The Hall–Kier alpha value is -3.98. The van der Waals surface area contributed by atoms with Gasteiger partial charge in [-0.2, -0.15) is 13.7 Å². The summed E-state index contributed by atoms with van der Waals surface area (Å²) in [5, 5.41) is 15.0. The molecule has 4 rings (SSSR count). The summed E-state index contributed by atoms with van der Waals surface area (Å²) < 4.78 is 55.2. The number of nitrogens with zero attached hydrogens (tertiary/aromatic N) is 4. The lowest BCUT2D eigenvalue weighted by atomic mass is 10.2. The van der Waals surface area contributed by atoms with Gasteiger partial charge in [0, 0.05) is 25.7 Å². The fourth-order valence-electron chi connectivity index (χ4n) is 3.93. The van der Waals surface area contributed by atoms with Crippen LogP contribution in [-0.2, 0) is 24.8 Å². The molecule has 1 atom stereocenters. The first-order chi connectivity index (χ1) is 18.1. The summed E-state index contributed by atoms with van der Waals surface area (Å²) in [5.74, 6) is -0.896. The van der Waals surface area contributed by atoms with E-state index in [1.807, 2.05) is 0 Å². The maximum atomic E-state index is 13.4. The van der Waals surface area contributed by atoms with Gasteiger partial charge < -0.3 is 0 Å². The van der Waals surface area contributed by atoms with Gasteiger partial charge in [0.2, 0.25) is 20.0 Å². The lowest BCUT2D eigenvalue weighted by molar-refractivity contribution is -0.385. The SMILES string of the molecule is O=C(N/N=C\c1ccccc1[N+](=O)[O-])[C@@H]1CN(S(=O)(=O)c2ccccc2)CCN1S(=O)(=O)c1ccccc1. The molecule has 0 saturated carbocycles. The number of nitro benzene ring substituents is 1. The van der Waals surface area contributed by atoms with Crippen LogP contribution in [0.5, 0.6) is 0 Å². The normalized spacial score (nSPS) is 17.3. The minimum Gasteiger partial charge on any atom is -0.271 e. The van der Waals surface area contributed by atoms with E-state index in [-0.39, 0.29) is 34.1 Å². The number of hydrogen-bond acceptors (Lipinski definition) is 8. The topological polar surface area (TPSA) is 159 Å². The first kappa shape index (κ1) is 27.1. The molecule has 1 N–H and O–H groups in total. The fraction of sp³-hybridized carbons (Fsp3) is 0.167. The van der Waals surface area contributed by atoms with Crippen LogP contribution in [0.25, 0.3) is 0 Å². The summed E-state index contributed by atoms with van der Waals surface area (Å²) in [4.78, 5) is 23.8. The van der Waals surface area contributed by atoms with E-state index in [2.05, 4.69) is 10.5 Å². The summed E-state index contributed by atoms with van der Waals surface area (Å²) in [5.41, 5.74) is 2.09. The summed E-state index contributed by atoms with van der Waals surface area (Å²) >= 11 is 0. The van der Waals surface area contributed by atoms with Crippen molar-refractivity contribution in [3.63, 3.8) is 0 Å². The van der Waals surface area contributed by atoms with Crippen LogP contribution in [0.4, 0.5) is 5.69 Å². The minimum atomic E-state index is -4.18. The van der Waals surface area contributed by atoms with Crippen molar-refractivity contribution in [3.8, 4) is 0 Å². The van der Waals surface area contributed by atoms with E-state index >= 15 is 0 Å². The smallest absolute Gasteiger partial charge is 0.271 e. The Morgan fingerprint density at radius 1 is 0.868 bits per heavy atom. The molecule has 0 unspecified atom stereocenters. The predicted molar refractivity (Wildman–Crippen MR) is 138 cm³/mol. The number of carbonyl (C=O) groups excluding carboxylic acids is 1. The van der Waals surface area contributed by atoms with Crippen molar-refractivity contribution in [1.82, 2.24) is 14.0 Å². The van der Waals surface area contributed by atoms with E-state index in [1.165, 1.54) is 54.6 Å². The van der Waals surface area contributed by atoms with Gasteiger partial charge in [-0.25, -0.2) is 22.3 Å². The number of carbonyl (C=O) groups is 1. The number of rotatable bonds is 8. The van der Waals surface area contributed by atoms with Crippen LogP contribution in [0.2, 0.25) is 0 Å². The number of piperazine rings is 1. The summed E-state index contributed by atoms with van der Waals surface area (Å²) in [7, 11) is -8.20. The molecule has 12 nitrogen and oxygen atoms in total. The van der Waals surface area contributed by atoms with Crippen LogP contribution in [0.3, 0.4) is 0 Å². The zero-order valence-electron chi connectivity index (χ0n) is 19.8. The third-order valence-electron chi connectivity index (χ3n) is 5.84. The number of amides is 1. The van der Waals surface area contributed by atoms with Crippen molar-refractivity contribution in [3.05, 3.63) is 101 Å². The van der Waals surface area contributed by atoms with Crippen molar-refractivity contribution in [2.24, 2.45) is 5.10 Å². The Kier molecular flexibility index (Phi) is 7.97. The van der Waals surface area contributed by atoms with E-state index in [0.717, 1.165) is 14.8 Å².